The maximum absolute atomic E-state index is 12.0. The minimum Gasteiger partial charge on any atom is -0.465 e. The number of carbonyl (C=O) groups is 2. The Morgan fingerprint density at radius 3 is 2.58 bits per heavy atom. The minimum absolute atomic E-state index is 0.0562. The van der Waals surface area contributed by atoms with Gasteiger partial charge in [0.2, 0.25) is 0 Å². The number of nitro benzene ring substituents is 1. The first-order chi connectivity index (χ1) is 8.97. The van der Waals surface area contributed by atoms with Crippen LogP contribution in [0, 0.1) is 10.1 Å². The van der Waals surface area contributed by atoms with Gasteiger partial charge < -0.3 is 9.64 Å². The maximum Gasteiger partial charge on any atom is 0.325 e. The molecule has 0 radical (unpaired) electrons. The fourth-order valence-electron chi connectivity index (χ4n) is 1.49. The first-order valence-corrected chi connectivity index (χ1v) is 5.61. The van der Waals surface area contributed by atoms with Crippen molar-refractivity contribution in [3.8, 4) is 0 Å². The summed E-state index contributed by atoms with van der Waals surface area (Å²) in [6, 6.07) is 5.59. The van der Waals surface area contributed by atoms with E-state index >= 15 is 0 Å². The predicted octanol–water partition coefficient (Wildman–Crippen LogP) is 1.23. The highest BCUT2D eigenvalue weighted by Gasteiger charge is 2.23. The molecule has 102 valence electrons. The lowest BCUT2D eigenvalue weighted by atomic mass is 10.1. The van der Waals surface area contributed by atoms with Crippen molar-refractivity contribution in [1.29, 1.82) is 0 Å². The van der Waals surface area contributed by atoms with E-state index in [-0.39, 0.29) is 24.4 Å². The van der Waals surface area contributed by atoms with E-state index in [1.54, 1.807) is 6.92 Å². The average Bonchev–Trinajstić information content (AvgIpc) is 2.37. The number of amides is 1. The molecule has 0 heterocycles. The molecule has 0 N–H and O–H groups in total. The Morgan fingerprint density at radius 2 is 2.00 bits per heavy atom. The molecule has 19 heavy (non-hydrogen) atoms. The van der Waals surface area contributed by atoms with Crippen molar-refractivity contribution < 1.29 is 19.2 Å². The van der Waals surface area contributed by atoms with E-state index in [4.69, 9.17) is 4.74 Å². The summed E-state index contributed by atoms with van der Waals surface area (Å²) in [5.74, 6) is -1.16. The number of nitrogens with zero attached hydrogens (tertiary/aromatic N) is 2. The number of ether oxygens (including phenoxy) is 1. The van der Waals surface area contributed by atoms with E-state index in [0.717, 1.165) is 4.90 Å². The van der Waals surface area contributed by atoms with Crippen LogP contribution in [0.2, 0.25) is 0 Å². The standard InChI is InChI=1S/C12H14N2O5/c1-3-19-11(15)8-13(2)12(16)9-6-4-5-7-10(9)14(17)18/h4-7H,3,8H2,1-2H3. The lowest BCUT2D eigenvalue weighted by Gasteiger charge is -2.15. The lowest BCUT2D eigenvalue weighted by Crippen LogP contribution is -2.33. The van der Waals surface area contributed by atoms with Crippen molar-refractivity contribution in [1.82, 2.24) is 4.90 Å². The summed E-state index contributed by atoms with van der Waals surface area (Å²) >= 11 is 0. The highest BCUT2D eigenvalue weighted by atomic mass is 16.6. The van der Waals surface area contributed by atoms with Crippen molar-refractivity contribution in [2.75, 3.05) is 20.2 Å². The van der Waals surface area contributed by atoms with Gasteiger partial charge in [0.1, 0.15) is 12.1 Å². The molecule has 0 fully saturated rings. The summed E-state index contributed by atoms with van der Waals surface area (Å²) < 4.78 is 4.71. The van der Waals surface area contributed by atoms with E-state index in [1.807, 2.05) is 0 Å². The van der Waals surface area contributed by atoms with E-state index in [2.05, 4.69) is 0 Å². The minimum atomic E-state index is -0.633. The number of benzene rings is 1. The molecule has 0 spiro atoms. The largest absolute Gasteiger partial charge is 0.465 e. The van der Waals surface area contributed by atoms with Crippen LogP contribution in [0.4, 0.5) is 5.69 Å². The smallest absolute Gasteiger partial charge is 0.325 e. The third kappa shape index (κ3) is 3.77. The normalized spacial score (nSPS) is 9.79. The Hall–Kier alpha value is -2.44. The number of hydrogen-bond acceptors (Lipinski definition) is 5. The number of carbonyl (C=O) groups excluding carboxylic acids is 2. The molecule has 1 aromatic carbocycles. The molecule has 0 saturated carbocycles. The fourth-order valence-corrected chi connectivity index (χ4v) is 1.49. The predicted molar refractivity (Wildman–Crippen MR) is 66.7 cm³/mol. The zero-order chi connectivity index (χ0) is 14.4. The van der Waals surface area contributed by atoms with Crippen molar-refractivity contribution in [3.05, 3.63) is 39.9 Å². The number of rotatable bonds is 5. The summed E-state index contributed by atoms with van der Waals surface area (Å²) in [6.07, 6.45) is 0. The van der Waals surface area contributed by atoms with Crippen LogP contribution in [0.1, 0.15) is 17.3 Å². The second-order valence-electron chi connectivity index (χ2n) is 3.74. The van der Waals surface area contributed by atoms with E-state index < -0.39 is 16.8 Å². The van der Waals surface area contributed by atoms with Crippen LogP contribution < -0.4 is 0 Å². The summed E-state index contributed by atoms with van der Waals surface area (Å²) in [5.41, 5.74) is -0.345. The molecule has 0 saturated heterocycles. The average molecular weight is 266 g/mol. The van der Waals surface area contributed by atoms with Crippen LogP contribution in [0.3, 0.4) is 0 Å². The Morgan fingerprint density at radius 1 is 1.37 bits per heavy atom. The molecular formula is C12H14N2O5. The van der Waals surface area contributed by atoms with Crippen molar-refractivity contribution in [2.24, 2.45) is 0 Å². The Balaban J connectivity index is 2.88. The third-order valence-electron chi connectivity index (χ3n) is 2.35. The zero-order valence-electron chi connectivity index (χ0n) is 10.7. The highest BCUT2D eigenvalue weighted by molar-refractivity contribution is 5.99. The molecule has 0 atom stereocenters. The molecule has 1 amide bonds. The Bertz CT molecular complexity index is 501. The van der Waals surface area contributed by atoms with Gasteiger partial charge in [-0.2, -0.15) is 0 Å². The molecule has 0 aliphatic heterocycles. The molecule has 1 rings (SSSR count). The van der Waals surface area contributed by atoms with Crippen molar-refractivity contribution in [3.63, 3.8) is 0 Å². The SMILES string of the molecule is CCOC(=O)CN(C)C(=O)c1ccccc1[N+](=O)[O-]. The van der Waals surface area contributed by atoms with Crippen LogP contribution in [0.15, 0.2) is 24.3 Å². The molecule has 0 unspecified atom stereocenters. The maximum atomic E-state index is 12.0. The van der Waals surface area contributed by atoms with Gasteiger partial charge in [0.15, 0.2) is 0 Å². The van der Waals surface area contributed by atoms with Gasteiger partial charge in [0, 0.05) is 13.1 Å². The quantitative estimate of drug-likeness (QED) is 0.454. The highest BCUT2D eigenvalue weighted by Crippen LogP contribution is 2.18. The second-order valence-corrected chi connectivity index (χ2v) is 3.74. The van der Waals surface area contributed by atoms with Gasteiger partial charge in [-0.3, -0.25) is 19.7 Å². The molecule has 0 aromatic heterocycles. The summed E-state index contributed by atoms with van der Waals surface area (Å²) in [5, 5.41) is 10.8. The fraction of sp³-hybridized carbons (Fsp3) is 0.333. The second kappa shape index (κ2) is 6.48. The van der Waals surface area contributed by atoms with Gasteiger partial charge in [-0.1, -0.05) is 12.1 Å². The Labute approximate surface area is 109 Å². The molecule has 7 heteroatoms. The lowest BCUT2D eigenvalue weighted by molar-refractivity contribution is -0.385. The number of likely N-dealkylation sites (N-methyl/N-ethyl adjacent to an activating group) is 1. The van der Waals surface area contributed by atoms with Gasteiger partial charge >= 0.3 is 5.97 Å². The molecule has 0 aliphatic rings. The van der Waals surface area contributed by atoms with Crippen molar-refractivity contribution in [2.45, 2.75) is 6.92 Å². The van der Waals surface area contributed by atoms with Gasteiger partial charge in [0.05, 0.1) is 11.5 Å². The summed E-state index contributed by atoms with van der Waals surface area (Å²) in [6.45, 7) is 1.62. The van der Waals surface area contributed by atoms with E-state index in [9.17, 15) is 19.7 Å². The molecule has 1 aromatic rings. The van der Waals surface area contributed by atoms with Crippen LogP contribution in [0.5, 0.6) is 0 Å². The zero-order valence-corrected chi connectivity index (χ0v) is 10.7. The molecule has 0 aliphatic carbocycles. The van der Waals surface area contributed by atoms with E-state index in [1.165, 1.54) is 31.3 Å². The van der Waals surface area contributed by atoms with Crippen LogP contribution in [-0.4, -0.2) is 41.9 Å². The number of esters is 1. The van der Waals surface area contributed by atoms with Gasteiger partial charge in [-0.25, -0.2) is 0 Å². The molecule has 0 bridgehead atoms. The summed E-state index contributed by atoms with van der Waals surface area (Å²) in [7, 11) is 1.38. The van der Waals surface area contributed by atoms with Crippen LogP contribution >= 0.6 is 0 Å². The topological polar surface area (TPSA) is 89.8 Å². The van der Waals surface area contributed by atoms with Crippen LogP contribution in [0.25, 0.3) is 0 Å². The van der Waals surface area contributed by atoms with E-state index in [0.29, 0.717) is 0 Å². The number of hydrogen-bond donors (Lipinski definition) is 0. The Kier molecular flexibility index (Phi) is 4.99. The number of nitro groups is 1. The van der Waals surface area contributed by atoms with Gasteiger partial charge in [0.25, 0.3) is 11.6 Å². The van der Waals surface area contributed by atoms with Gasteiger partial charge in [-0.15, -0.1) is 0 Å². The first kappa shape index (κ1) is 14.6. The molecule has 7 nitrogen and oxygen atoms in total. The van der Waals surface area contributed by atoms with Crippen molar-refractivity contribution >= 4 is 17.6 Å². The number of para-hydroxylation sites is 1. The first-order valence-electron chi connectivity index (χ1n) is 5.61. The summed E-state index contributed by atoms with van der Waals surface area (Å²) in [4.78, 5) is 34.5. The monoisotopic (exact) mass is 266 g/mol. The third-order valence-corrected chi connectivity index (χ3v) is 2.35. The van der Waals surface area contributed by atoms with Gasteiger partial charge in [-0.05, 0) is 13.0 Å². The van der Waals surface area contributed by atoms with Crippen LogP contribution in [-0.2, 0) is 9.53 Å². The molecular weight excluding hydrogens is 252 g/mol.